The molecule has 0 radical (unpaired) electrons. The van der Waals surface area contributed by atoms with Crippen LogP contribution >= 0.6 is 11.6 Å². The summed E-state index contributed by atoms with van der Waals surface area (Å²) in [5.41, 5.74) is 4.33. The lowest BCUT2D eigenvalue weighted by molar-refractivity contribution is 0.150. The van der Waals surface area contributed by atoms with Crippen LogP contribution in [-0.4, -0.2) is 37.0 Å². The molecule has 0 saturated carbocycles. The van der Waals surface area contributed by atoms with Gasteiger partial charge in [-0.15, -0.1) is 11.6 Å². The van der Waals surface area contributed by atoms with Gasteiger partial charge >= 0.3 is 6.09 Å². The van der Waals surface area contributed by atoms with Crippen molar-refractivity contribution in [2.75, 3.05) is 24.3 Å². The first kappa shape index (κ1) is 18.9. The minimum Gasteiger partial charge on any atom is -0.450 e. The van der Waals surface area contributed by atoms with E-state index < -0.39 is 12.1 Å². The number of alkyl carbamates (subject to hydrolysis) is 1. The summed E-state index contributed by atoms with van der Waals surface area (Å²) >= 11 is 5.63. The van der Waals surface area contributed by atoms with Gasteiger partial charge in [0, 0.05) is 24.5 Å². The number of hydrogen-bond donors (Lipinski definition) is 5. The summed E-state index contributed by atoms with van der Waals surface area (Å²) in [6.07, 6.45) is -0.108. The highest BCUT2D eigenvalue weighted by Crippen LogP contribution is 2.11. The molecular weight excluding hydrogens is 320 g/mol. The SMILES string of the molecule is CCOC(=O)NC(Cc1ccc(NCCCl)cc1)/C(=N/N)NN. The van der Waals surface area contributed by atoms with Crippen LogP contribution in [-0.2, 0) is 11.2 Å². The number of nitrogens with zero attached hydrogens (tertiary/aromatic N) is 1. The Bertz CT molecular complexity index is 508. The van der Waals surface area contributed by atoms with Gasteiger partial charge in [-0.2, -0.15) is 5.10 Å². The maximum Gasteiger partial charge on any atom is 0.407 e. The van der Waals surface area contributed by atoms with E-state index in [9.17, 15) is 4.79 Å². The zero-order valence-electron chi connectivity index (χ0n) is 13.0. The number of amidine groups is 1. The summed E-state index contributed by atoms with van der Waals surface area (Å²) in [6, 6.07) is 7.20. The van der Waals surface area contributed by atoms with Crippen molar-refractivity contribution in [1.82, 2.24) is 10.7 Å². The van der Waals surface area contributed by atoms with Crippen LogP contribution in [0.5, 0.6) is 0 Å². The zero-order valence-corrected chi connectivity index (χ0v) is 13.8. The molecule has 9 heteroatoms. The first-order valence-electron chi connectivity index (χ1n) is 7.21. The molecule has 0 bridgehead atoms. The maximum absolute atomic E-state index is 11.6. The van der Waals surface area contributed by atoms with Gasteiger partial charge < -0.3 is 26.6 Å². The average molecular weight is 343 g/mol. The van der Waals surface area contributed by atoms with Crippen molar-refractivity contribution < 1.29 is 9.53 Å². The molecule has 0 spiro atoms. The Balaban J connectivity index is 2.77. The molecule has 8 nitrogen and oxygen atoms in total. The largest absolute Gasteiger partial charge is 0.450 e. The number of nitrogens with one attached hydrogen (secondary N) is 3. The summed E-state index contributed by atoms with van der Waals surface area (Å²) in [5.74, 6) is 11.5. The predicted molar refractivity (Wildman–Crippen MR) is 92.2 cm³/mol. The lowest BCUT2D eigenvalue weighted by Gasteiger charge is -2.19. The van der Waals surface area contributed by atoms with Gasteiger partial charge in [-0.3, -0.25) is 0 Å². The van der Waals surface area contributed by atoms with Gasteiger partial charge in [-0.25, -0.2) is 10.6 Å². The van der Waals surface area contributed by atoms with Gasteiger partial charge in [0.05, 0.1) is 12.6 Å². The number of benzene rings is 1. The molecule has 0 fully saturated rings. The molecule has 1 unspecified atom stereocenters. The van der Waals surface area contributed by atoms with E-state index >= 15 is 0 Å². The fourth-order valence-electron chi connectivity index (χ4n) is 1.94. The second-order valence-electron chi connectivity index (χ2n) is 4.59. The molecule has 0 saturated heterocycles. The lowest BCUT2D eigenvalue weighted by atomic mass is 10.0. The van der Waals surface area contributed by atoms with E-state index in [0.29, 0.717) is 18.8 Å². The molecule has 128 valence electrons. The first-order chi connectivity index (χ1) is 11.1. The smallest absolute Gasteiger partial charge is 0.407 e. The van der Waals surface area contributed by atoms with Crippen LogP contribution in [0.2, 0.25) is 0 Å². The number of hydrazone groups is 1. The number of halogens is 1. The molecule has 0 aromatic heterocycles. The molecule has 1 aromatic carbocycles. The number of rotatable bonds is 8. The summed E-state index contributed by atoms with van der Waals surface area (Å²) in [4.78, 5) is 11.6. The molecule has 0 aliphatic heterocycles. The van der Waals surface area contributed by atoms with Crippen LogP contribution in [0, 0.1) is 0 Å². The molecule has 1 atom stereocenters. The van der Waals surface area contributed by atoms with E-state index in [1.165, 1.54) is 0 Å². The van der Waals surface area contributed by atoms with Gasteiger partial charge in [0.15, 0.2) is 5.84 Å². The molecule has 0 aliphatic carbocycles. The first-order valence-corrected chi connectivity index (χ1v) is 7.74. The van der Waals surface area contributed by atoms with Crippen LogP contribution in [0.1, 0.15) is 12.5 Å². The third-order valence-corrected chi connectivity index (χ3v) is 3.19. The number of ether oxygens (including phenoxy) is 1. The van der Waals surface area contributed by atoms with Gasteiger partial charge in [0.25, 0.3) is 0 Å². The average Bonchev–Trinajstić information content (AvgIpc) is 2.55. The zero-order chi connectivity index (χ0) is 17.1. The van der Waals surface area contributed by atoms with Gasteiger partial charge in [0.2, 0.25) is 0 Å². The molecule has 7 N–H and O–H groups in total. The summed E-state index contributed by atoms with van der Waals surface area (Å²) in [6.45, 7) is 2.68. The standard InChI is InChI=1S/C14H23ClN6O2/c1-2-23-14(22)19-12(13(20-16)21-17)9-10-3-5-11(6-4-10)18-8-7-15/h3-6,12,18H,2,7-9,16-17H2,1H3,(H,19,22)(H,20,21). The molecule has 1 amide bonds. The summed E-state index contributed by atoms with van der Waals surface area (Å²) < 4.78 is 4.88. The van der Waals surface area contributed by atoms with Crippen LogP contribution in [0.3, 0.4) is 0 Å². The Labute approximate surface area is 140 Å². The summed E-state index contributed by atoms with van der Waals surface area (Å²) in [5, 5.41) is 9.40. The number of carbonyl (C=O) groups excluding carboxylic acids is 1. The van der Waals surface area contributed by atoms with E-state index in [4.69, 9.17) is 28.0 Å². The maximum atomic E-state index is 11.6. The number of amides is 1. The predicted octanol–water partition coefficient (Wildman–Crippen LogP) is 0.730. The van der Waals surface area contributed by atoms with Gasteiger partial charge in [-0.05, 0) is 24.6 Å². The van der Waals surface area contributed by atoms with Crippen molar-refractivity contribution in [2.45, 2.75) is 19.4 Å². The van der Waals surface area contributed by atoms with Crippen LogP contribution in [0.4, 0.5) is 10.5 Å². The van der Waals surface area contributed by atoms with Crippen molar-refractivity contribution in [1.29, 1.82) is 0 Å². The molecule has 23 heavy (non-hydrogen) atoms. The Morgan fingerprint density at radius 3 is 2.61 bits per heavy atom. The fraction of sp³-hybridized carbons (Fsp3) is 0.429. The number of anilines is 1. The number of nitrogens with two attached hydrogens (primary N) is 2. The van der Waals surface area contributed by atoms with Crippen LogP contribution < -0.4 is 27.7 Å². The number of alkyl halides is 1. The fourth-order valence-corrected chi connectivity index (χ4v) is 2.04. The third kappa shape index (κ3) is 6.62. The number of hydrogen-bond acceptors (Lipinski definition) is 6. The van der Waals surface area contributed by atoms with Crippen molar-refractivity contribution in [2.24, 2.45) is 16.8 Å². The molecule has 0 aliphatic rings. The summed E-state index contributed by atoms with van der Waals surface area (Å²) in [7, 11) is 0. The monoisotopic (exact) mass is 342 g/mol. The molecule has 0 heterocycles. The van der Waals surface area contributed by atoms with Crippen LogP contribution in [0.25, 0.3) is 0 Å². The van der Waals surface area contributed by atoms with E-state index in [-0.39, 0.29) is 12.4 Å². The van der Waals surface area contributed by atoms with Crippen LogP contribution in [0.15, 0.2) is 29.4 Å². The van der Waals surface area contributed by atoms with Gasteiger partial charge in [-0.1, -0.05) is 12.1 Å². The Morgan fingerprint density at radius 2 is 2.09 bits per heavy atom. The second kappa shape index (κ2) is 10.5. The van der Waals surface area contributed by atoms with Crippen molar-refractivity contribution in [3.8, 4) is 0 Å². The Hall–Kier alpha value is -2.19. The third-order valence-electron chi connectivity index (χ3n) is 3.00. The van der Waals surface area contributed by atoms with Crippen molar-refractivity contribution in [3.05, 3.63) is 29.8 Å². The highest BCUT2D eigenvalue weighted by Gasteiger charge is 2.19. The topological polar surface area (TPSA) is 127 Å². The number of carbonyl (C=O) groups is 1. The van der Waals surface area contributed by atoms with Crippen molar-refractivity contribution >= 4 is 29.2 Å². The minimum atomic E-state index is -0.561. The normalized spacial score (nSPS) is 12.4. The van der Waals surface area contributed by atoms with Crippen molar-refractivity contribution in [3.63, 3.8) is 0 Å². The molecule has 1 rings (SSSR count). The van der Waals surface area contributed by atoms with E-state index in [1.54, 1.807) is 6.92 Å². The number of hydrazine groups is 1. The molecular formula is C14H23ClN6O2. The molecule has 1 aromatic rings. The minimum absolute atomic E-state index is 0.252. The van der Waals surface area contributed by atoms with E-state index in [2.05, 4.69) is 21.2 Å². The Morgan fingerprint density at radius 1 is 1.39 bits per heavy atom. The Kier molecular flexibility index (Phi) is 8.63. The van der Waals surface area contributed by atoms with Gasteiger partial charge in [0.1, 0.15) is 0 Å². The highest BCUT2D eigenvalue weighted by atomic mass is 35.5. The van der Waals surface area contributed by atoms with E-state index in [1.807, 2.05) is 24.3 Å². The second-order valence-corrected chi connectivity index (χ2v) is 4.97. The quantitative estimate of drug-likeness (QED) is 0.156. The lowest BCUT2D eigenvalue weighted by Crippen LogP contribution is -2.50. The highest BCUT2D eigenvalue weighted by molar-refractivity contribution is 6.18. The van der Waals surface area contributed by atoms with E-state index in [0.717, 1.165) is 11.3 Å².